The van der Waals surface area contributed by atoms with E-state index in [9.17, 15) is 5.11 Å². The Kier molecular flexibility index (Phi) is 3.16. The monoisotopic (exact) mass is 144 g/mol. The summed E-state index contributed by atoms with van der Waals surface area (Å²) < 4.78 is 5.16. The molecule has 0 bridgehead atoms. The van der Waals surface area contributed by atoms with Gasteiger partial charge in [-0.3, -0.25) is 0 Å². The van der Waals surface area contributed by atoms with Crippen LogP contribution in [0.4, 0.5) is 0 Å². The first-order valence-corrected chi connectivity index (χ1v) is 4.10. The summed E-state index contributed by atoms with van der Waals surface area (Å²) in [6.07, 6.45) is 2.92. The zero-order valence-corrected chi connectivity index (χ0v) is 6.55. The molecule has 1 saturated heterocycles. The van der Waals surface area contributed by atoms with Crippen LogP contribution in [0.25, 0.3) is 0 Å². The lowest BCUT2D eigenvalue weighted by Crippen LogP contribution is -2.19. The first-order chi connectivity index (χ1) is 4.84. The van der Waals surface area contributed by atoms with E-state index in [0.29, 0.717) is 5.92 Å². The average Bonchev–Trinajstić information content (AvgIpc) is 2.38. The Hall–Kier alpha value is -0.0800. The minimum atomic E-state index is -0.118. The van der Waals surface area contributed by atoms with E-state index < -0.39 is 0 Å². The van der Waals surface area contributed by atoms with Crippen LogP contribution in [-0.4, -0.2) is 24.4 Å². The molecule has 1 aliphatic rings. The fourth-order valence-electron chi connectivity index (χ4n) is 1.39. The van der Waals surface area contributed by atoms with E-state index in [0.717, 1.165) is 32.5 Å². The van der Waals surface area contributed by atoms with Gasteiger partial charge in [0, 0.05) is 12.5 Å². The molecule has 0 aromatic carbocycles. The minimum Gasteiger partial charge on any atom is -0.393 e. The predicted octanol–water partition coefficient (Wildman–Crippen LogP) is 1.18. The number of aliphatic hydroxyl groups is 1. The van der Waals surface area contributed by atoms with Gasteiger partial charge in [-0.15, -0.1) is 0 Å². The van der Waals surface area contributed by atoms with Gasteiger partial charge in [-0.05, 0) is 12.8 Å². The standard InChI is InChI=1S/C8H16O2/c1-2-3-8(9)7-4-5-10-6-7/h7-9H,2-6H2,1H3/t7?,8-/m1/s1. The molecule has 1 N–H and O–H groups in total. The SMILES string of the molecule is CCC[C@@H](O)C1CCOC1. The van der Waals surface area contributed by atoms with Crippen LogP contribution in [0, 0.1) is 5.92 Å². The van der Waals surface area contributed by atoms with Crippen molar-refractivity contribution in [2.45, 2.75) is 32.3 Å². The number of hydrogen-bond acceptors (Lipinski definition) is 2. The molecule has 0 aromatic rings. The summed E-state index contributed by atoms with van der Waals surface area (Å²) in [7, 11) is 0. The van der Waals surface area contributed by atoms with Crippen LogP contribution in [0.2, 0.25) is 0 Å². The van der Waals surface area contributed by atoms with Crippen molar-refractivity contribution < 1.29 is 9.84 Å². The number of hydrogen-bond donors (Lipinski definition) is 1. The van der Waals surface area contributed by atoms with Crippen LogP contribution < -0.4 is 0 Å². The highest BCUT2D eigenvalue weighted by Gasteiger charge is 2.22. The molecule has 0 radical (unpaired) electrons. The van der Waals surface area contributed by atoms with E-state index in [2.05, 4.69) is 6.92 Å². The molecular formula is C8H16O2. The third kappa shape index (κ3) is 1.96. The van der Waals surface area contributed by atoms with Crippen LogP contribution >= 0.6 is 0 Å². The topological polar surface area (TPSA) is 29.5 Å². The summed E-state index contributed by atoms with van der Waals surface area (Å²) in [4.78, 5) is 0. The normalized spacial score (nSPS) is 28.8. The summed E-state index contributed by atoms with van der Waals surface area (Å²) >= 11 is 0. The molecule has 0 aliphatic carbocycles. The second-order valence-corrected chi connectivity index (χ2v) is 2.98. The van der Waals surface area contributed by atoms with Crippen LogP contribution in [-0.2, 0) is 4.74 Å². The van der Waals surface area contributed by atoms with E-state index >= 15 is 0 Å². The summed E-state index contributed by atoms with van der Waals surface area (Å²) in [5.41, 5.74) is 0. The van der Waals surface area contributed by atoms with E-state index in [-0.39, 0.29) is 6.10 Å². The average molecular weight is 144 g/mol. The second kappa shape index (κ2) is 3.94. The molecule has 0 amide bonds. The Labute approximate surface area is 62.2 Å². The molecular weight excluding hydrogens is 128 g/mol. The molecule has 2 atom stereocenters. The highest BCUT2D eigenvalue weighted by Crippen LogP contribution is 2.19. The molecule has 1 heterocycles. The van der Waals surface area contributed by atoms with Gasteiger partial charge in [-0.2, -0.15) is 0 Å². The van der Waals surface area contributed by atoms with Crippen LogP contribution in [0.3, 0.4) is 0 Å². The van der Waals surface area contributed by atoms with Crippen molar-refractivity contribution in [2.24, 2.45) is 5.92 Å². The van der Waals surface area contributed by atoms with Crippen molar-refractivity contribution in [3.05, 3.63) is 0 Å². The molecule has 60 valence electrons. The summed E-state index contributed by atoms with van der Waals surface area (Å²) in [5, 5.41) is 9.47. The fraction of sp³-hybridized carbons (Fsp3) is 1.00. The van der Waals surface area contributed by atoms with E-state index in [1.807, 2.05) is 0 Å². The molecule has 1 fully saturated rings. The maximum Gasteiger partial charge on any atom is 0.0591 e. The van der Waals surface area contributed by atoms with Gasteiger partial charge in [0.1, 0.15) is 0 Å². The fourth-order valence-corrected chi connectivity index (χ4v) is 1.39. The molecule has 1 unspecified atom stereocenters. The predicted molar refractivity (Wildman–Crippen MR) is 39.8 cm³/mol. The zero-order chi connectivity index (χ0) is 7.40. The first kappa shape index (κ1) is 8.02. The summed E-state index contributed by atoms with van der Waals surface area (Å²) in [5.74, 6) is 0.417. The van der Waals surface area contributed by atoms with Crippen LogP contribution in [0.5, 0.6) is 0 Å². The number of rotatable bonds is 3. The number of ether oxygens (including phenoxy) is 1. The Morgan fingerprint density at radius 1 is 1.70 bits per heavy atom. The highest BCUT2D eigenvalue weighted by atomic mass is 16.5. The Balaban J connectivity index is 2.18. The van der Waals surface area contributed by atoms with E-state index in [4.69, 9.17) is 4.74 Å². The maximum absolute atomic E-state index is 9.47. The summed E-state index contributed by atoms with van der Waals surface area (Å²) in [6.45, 7) is 3.70. The van der Waals surface area contributed by atoms with Crippen molar-refractivity contribution in [3.63, 3.8) is 0 Å². The molecule has 10 heavy (non-hydrogen) atoms. The molecule has 2 heteroatoms. The van der Waals surface area contributed by atoms with Gasteiger partial charge < -0.3 is 9.84 Å². The lowest BCUT2D eigenvalue weighted by atomic mass is 9.98. The molecule has 0 aromatic heterocycles. The lowest BCUT2D eigenvalue weighted by Gasteiger charge is -2.14. The van der Waals surface area contributed by atoms with Gasteiger partial charge in [0.05, 0.1) is 12.7 Å². The smallest absolute Gasteiger partial charge is 0.0591 e. The van der Waals surface area contributed by atoms with Gasteiger partial charge in [-0.25, -0.2) is 0 Å². The van der Waals surface area contributed by atoms with Crippen molar-refractivity contribution in [2.75, 3.05) is 13.2 Å². The number of aliphatic hydroxyl groups excluding tert-OH is 1. The Morgan fingerprint density at radius 3 is 3.00 bits per heavy atom. The van der Waals surface area contributed by atoms with Gasteiger partial charge in [-0.1, -0.05) is 13.3 Å². The third-order valence-corrected chi connectivity index (χ3v) is 2.09. The van der Waals surface area contributed by atoms with Crippen molar-refractivity contribution in [1.82, 2.24) is 0 Å². The van der Waals surface area contributed by atoms with Crippen molar-refractivity contribution in [1.29, 1.82) is 0 Å². The van der Waals surface area contributed by atoms with Gasteiger partial charge in [0.15, 0.2) is 0 Å². The first-order valence-electron chi connectivity index (χ1n) is 4.10. The van der Waals surface area contributed by atoms with Crippen molar-refractivity contribution in [3.8, 4) is 0 Å². The van der Waals surface area contributed by atoms with Gasteiger partial charge in [0.2, 0.25) is 0 Å². The highest BCUT2D eigenvalue weighted by molar-refractivity contribution is 4.71. The maximum atomic E-state index is 9.47. The van der Waals surface area contributed by atoms with E-state index in [1.165, 1.54) is 0 Å². The Morgan fingerprint density at radius 2 is 2.50 bits per heavy atom. The van der Waals surface area contributed by atoms with Crippen LogP contribution in [0.15, 0.2) is 0 Å². The molecule has 1 aliphatic heterocycles. The Bertz CT molecular complexity index is 87.3. The van der Waals surface area contributed by atoms with E-state index in [1.54, 1.807) is 0 Å². The molecule has 0 saturated carbocycles. The summed E-state index contributed by atoms with van der Waals surface area (Å²) in [6, 6.07) is 0. The molecule has 1 rings (SSSR count). The zero-order valence-electron chi connectivity index (χ0n) is 6.55. The lowest BCUT2D eigenvalue weighted by molar-refractivity contribution is 0.0842. The minimum absolute atomic E-state index is 0.118. The third-order valence-electron chi connectivity index (χ3n) is 2.09. The second-order valence-electron chi connectivity index (χ2n) is 2.98. The largest absolute Gasteiger partial charge is 0.393 e. The quantitative estimate of drug-likeness (QED) is 0.644. The van der Waals surface area contributed by atoms with Crippen molar-refractivity contribution >= 4 is 0 Å². The molecule has 2 nitrogen and oxygen atoms in total. The van der Waals surface area contributed by atoms with Gasteiger partial charge >= 0.3 is 0 Å². The molecule has 0 spiro atoms. The van der Waals surface area contributed by atoms with Gasteiger partial charge in [0.25, 0.3) is 0 Å². The van der Waals surface area contributed by atoms with Crippen LogP contribution in [0.1, 0.15) is 26.2 Å².